The number of aryl methyl sites for hydroxylation is 1. The standard InChI is InChI=1S/C16H25N3O2/c1-13-3-4-14-11-19(15-5-9-21-12-15)7-6-18(8-10-20-2)16(14)17-13/h3-4,15H,5-12H2,1-2H3/t15-/m0/s1. The predicted octanol–water partition coefficient (Wildman–Crippen LogP) is 1.45. The average molecular weight is 291 g/mol. The van der Waals surface area contributed by atoms with Crippen LogP contribution in [0.4, 0.5) is 5.82 Å². The van der Waals surface area contributed by atoms with Crippen LogP contribution in [0.5, 0.6) is 0 Å². The summed E-state index contributed by atoms with van der Waals surface area (Å²) in [6.45, 7) is 8.50. The number of ether oxygens (including phenoxy) is 2. The summed E-state index contributed by atoms with van der Waals surface area (Å²) < 4.78 is 10.8. The zero-order chi connectivity index (χ0) is 14.7. The lowest BCUT2D eigenvalue weighted by Gasteiger charge is -2.26. The van der Waals surface area contributed by atoms with E-state index in [1.54, 1.807) is 7.11 Å². The summed E-state index contributed by atoms with van der Waals surface area (Å²) in [5, 5.41) is 0. The van der Waals surface area contributed by atoms with Crippen LogP contribution >= 0.6 is 0 Å². The average Bonchev–Trinajstić information content (AvgIpc) is 2.96. The third kappa shape index (κ3) is 3.36. The van der Waals surface area contributed by atoms with Crippen LogP contribution in [0.25, 0.3) is 0 Å². The number of rotatable bonds is 4. The fraction of sp³-hybridized carbons (Fsp3) is 0.688. The van der Waals surface area contributed by atoms with Crippen LogP contribution in [0.2, 0.25) is 0 Å². The van der Waals surface area contributed by atoms with Gasteiger partial charge in [-0.15, -0.1) is 0 Å². The topological polar surface area (TPSA) is 37.8 Å². The summed E-state index contributed by atoms with van der Waals surface area (Å²) in [5.41, 5.74) is 2.40. The molecule has 0 saturated carbocycles. The van der Waals surface area contributed by atoms with Crippen molar-refractivity contribution >= 4 is 5.82 Å². The van der Waals surface area contributed by atoms with Gasteiger partial charge in [0.15, 0.2) is 0 Å². The second-order valence-corrected chi connectivity index (χ2v) is 5.90. The monoisotopic (exact) mass is 291 g/mol. The van der Waals surface area contributed by atoms with Gasteiger partial charge in [-0.25, -0.2) is 4.98 Å². The molecule has 116 valence electrons. The summed E-state index contributed by atoms with van der Waals surface area (Å²) >= 11 is 0. The molecule has 3 heterocycles. The van der Waals surface area contributed by atoms with Gasteiger partial charge in [-0.05, 0) is 19.4 Å². The first-order valence-electron chi connectivity index (χ1n) is 7.80. The second kappa shape index (κ2) is 6.73. The van der Waals surface area contributed by atoms with Gasteiger partial charge in [-0.3, -0.25) is 4.90 Å². The number of pyridine rings is 1. The fourth-order valence-corrected chi connectivity index (χ4v) is 3.16. The number of methoxy groups -OCH3 is 1. The highest BCUT2D eigenvalue weighted by atomic mass is 16.5. The van der Waals surface area contributed by atoms with Crippen molar-refractivity contribution in [1.82, 2.24) is 9.88 Å². The Morgan fingerprint density at radius 2 is 2.29 bits per heavy atom. The van der Waals surface area contributed by atoms with E-state index in [1.807, 2.05) is 0 Å². The molecule has 1 saturated heterocycles. The van der Waals surface area contributed by atoms with Gasteiger partial charge in [-0.1, -0.05) is 6.07 Å². The zero-order valence-corrected chi connectivity index (χ0v) is 13.0. The van der Waals surface area contributed by atoms with Crippen LogP contribution in [0.1, 0.15) is 17.7 Å². The molecule has 21 heavy (non-hydrogen) atoms. The first kappa shape index (κ1) is 14.8. The molecule has 0 N–H and O–H groups in total. The van der Waals surface area contributed by atoms with E-state index >= 15 is 0 Å². The van der Waals surface area contributed by atoms with E-state index in [0.29, 0.717) is 6.04 Å². The van der Waals surface area contributed by atoms with Crippen LogP contribution in [-0.4, -0.2) is 62.5 Å². The van der Waals surface area contributed by atoms with Crippen LogP contribution < -0.4 is 4.90 Å². The van der Waals surface area contributed by atoms with Crippen LogP contribution in [-0.2, 0) is 16.0 Å². The Morgan fingerprint density at radius 1 is 1.38 bits per heavy atom. The Bertz CT molecular complexity index is 475. The Kier molecular flexibility index (Phi) is 4.73. The smallest absolute Gasteiger partial charge is 0.133 e. The summed E-state index contributed by atoms with van der Waals surface area (Å²) in [6.07, 6.45) is 1.15. The Balaban J connectivity index is 1.82. The first-order valence-corrected chi connectivity index (χ1v) is 7.80. The predicted molar refractivity (Wildman–Crippen MR) is 82.7 cm³/mol. The molecule has 1 atom stereocenters. The molecule has 1 aromatic heterocycles. The van der Waals surface area contributed by atoms with Crippen molar-refractivity contribution in [2.75, 3.05) is 51.5 Å². The Labute approximate surface area is 126 Å². The normalized spacial score (nSPS) is 23.1. The molecule has 5 heteroatoms. The van der Waals surface area contributed by atoms with Gasteiger partial charge >= 0.3 is 0 Å². The van der Waals surface area contributed by atoms with Crippen molar-refractivity contribution in [2.24, 2.45) is 0 Å². The molecule has 2 aliphatic rings. The summed E-state index contributed by atoms with van der Waals surface area (Å²) in [4.78, 5) is 9.70. The number of fused-ring (bicyclic) bond motifs is 1. The number of aromatic nitrogens is 1. The van der Waals surface area contributed by atoms with E-state index < -0.39 is 0 Å². The van der Waals surface area contributed by atoms with Gasteiger partial charge in [0.2, 0.25) is 0 Å². The minimum atomic E-state index is 0.557. The molecule has 0 unspecified atom stereocenters. The molecule has 2 aliphatic heterocycles. The highest BCUT2D eigenvalue weighted by molar-refractivity contribution is 5.48. The van der Waals surface area contributed by atoms with Crippen molar-refractivity contribution in [3.63, 3.8) is 0 Å². The number of anilines is 1. The lowest BCUT2D eigenvalue weighted by molar-refractivity contribution is 0.142. The molecule has 0 aromatic carbocycles. The van der Waals surface area contributed by atoms with E-state index in [4.69, 9.17) is 14.5 Å². The minimum absolute atomic E-state index is 0.557. The third-order valence-electron chi connectivity index (χ3n) is 4.41. The maximum Gasteiger partial charge on any atom is 0.133 e. The van der Waals surface area contributed by atoms with Gasteiger partial charge in [0.05, 0.1) is 13.2 Å². The Morgan fingerprint density at radius 3 is 3.05 bits per heavy atom. The lowest BCUT2D eigenvalue weighted by atomic mass is 10.1. The quantitative estimate of drug-likeness (QED) is 0.839. The van der Waals surface area contributed by atoms with E-state index in [2.05, 4.69) is 28.9 Å². The molecule has 0 aliphatic carbocycles. The molecule has 1 aromatic rings. The maximum absolute atomic E-state index is 5.56. The van der Waals surface area contributed by atoms with Gasteiger partial charge in [-0.2, -0.15) is 0 Å². The van der Waals surface area contributed by atoms with Gasteiger partial charge in [0, 0.05) is 57.2 Å². The molecule has 0 amide bonds. The van der Waals surface area contributed by atoms with Crippen molar-refractivity contribution in [3.05, 3.63) is 23.4 Å². The molecular formula is C16H25N3O2. The SMILES string of the molecule is COCCN1CCN([C@H]2CCOC2)Cc2ccc(C)nc21. The molecule has 3 rings (SSSR count). The molecular weight excluding hydrogens is 266 g/mol. The van der Waals surface area contributed by atoms with Gasteiger partial charge < -0.3 is 14.4 Å². The summed E-state index contributed by atoms with van der Waals surface area (Å²) in [6, 6.07) is 4.90. The highest BCUT2D eigenvalue weighted by Gasteiger charge is 2.28. The third-order valence-corrected chi connectivity index (χ3v) is 4.41. The largest absolute Gasteiger partial charge is 0.383 e. The lowest BCUT2D eigenvalue weighted by Crippen LogP contribution is -2.39. The van der Waals surface area contributed by atoms with E-state index in [0.717, 1.165) is 63.9 Å². The van der Waals surface area contributed by atoms with E-state index in [9.17, 15) is 0 Å². The highest BCUT2D eigenvalue weighted by Crippen LogP contribution is 2.26. The second-order valence-electron chi connectivity index (χ2n) is 5.90. The number of hydrogen-bond acceptors (Lipinski definition) is 5. The molecule has 0 spiro atoms. The molecule has 5 nitrogen and oxygen atoms in total. The first-order chi connectivity index (χ1) is 10.3. The van der Waals surface area contributed by atoms with Crippen molar-refractivity contribution in [1.29, 1.82) is 0 Å². The molecule has 0 radical (unpaired) electrons. The number of hydrogen-bond donors (Lipinski definition) is 0. The summed E-state index contributed by atoms with van der Waals surface area (Å²) in [7, 11) is 1.75. The van der Waals surface area contributed by atoms with E-state index in [-0.39, 0.29) is 0 Å². The minimum Gasteiger partial charge on any atom is -0.383 e. The van der Waals surface area contributed by atoms with E-state index in [1.165, 1.54) is 5.56 Å². The fourth-order valence-electron chi connectivity index (χ4n) is 3.16. The molecule has 0 bridgehead atoms. The molecule has 1 fully saturated rings. The maximum atomic E-state index is 5.56. The zero-order valence-electron chi connectivity index (χ0n) is 13.0. The Hall–Kier alpha value is -1.17. The van der Waals surface area contributed by atoms with Crippen LogP contribution in [0.15, 0.2) is 12.1 Å². The van der Waals surface area contributed by atoms with Crippen molar-refractivity contribution in [2.45, 2.75) is 25.9 Å². The van der Waals surface area contributed by atoms with Crippen LogP contribution in [0.3, 0.4) is 0 Å². The number of nitrogens with zero attached hydrogens (tertiary/aromatic N) is 3. The summed E-state index contributed by atoms with van der Waals surface area (Å²) in [5.74, 6) is 1.13. The van der Waals surface area contributed by atoms with Crippen LogP contribution in [0, 0.1) is 6.92 Å². The van der Waals surface area contributed by atoms with Gasteiger partial charge in [0.25, 0.3) is 0 Å². The van der Waals surface area contributed by atoms with Crippen molar-refractivity contribution < 1.29 is 9.47 Å². The van der Waals surface area contributed by atoms with Gasteiger partial charge in [0.1, 0.15) is 5.82 Å². The van der Waals surface area contributed by atoms with Crippen molar-refractivity contribution in [3.8, 4) is 0 Å².